The van der Waals surface area contributed by atoms with Crippen molar-refractivity contribution >= 4 is 23.1 Å². The summed E-state index contributed by atoms with van der Waals surface area (Å²) in [6, 6.07) is 6.69. The van der Waals surface area contributed by atoms with Gasteiger partial charge in [0, 0.05) is 18.1 Å². The molecule has 0 saturated heterocycles. The molecule has 30 heavy (non-hydrogen) atoms. The van der Waals surface area contributed by atoms with Crippen LogP contribution in [0.25, 0.3) is 5.57 Å². The topological polar surface area (TPSA) is 38.1 Å². The number of amides is 1. The highest BCUT2D eigenvalue weighted by atomic mass is 35.5. The molecule has 0 aliphatic carbocycles. The standard InChI is InChI=1S/C22H27ClF3N3O/c1-7-13(3)29(22(30)18-19(20(24)25)27-28(6)21(18)26)15(5)17(14(4)23)16-10-8-12(2)9-11-16/h8-11,13,15,20H,7H2,1-6H3/b17-14-. The van der Waals surface area contributed by atoms with Crippen molar-refractivity contribution in [2.75, 3.05) is 0 Å². The summed E-state index contributed by atoms with van der Waals surface area (Å²) in [5.74, 6) is -1.92. The minimum Gasteiger partial charge on any atom is -0.329 e. The van der Waals surface area contributed by atoms with Crippen LogP contribution < -0.4 is 0 Å². The second kappa shape index (κ2) is 9.69. The largest absolute Gasteiger partial charge is 0.329 e. The van der Waals surface area contributed by atoms with Gasteiger partial charge in [0.2, 0.25) is 5.95 Å². The van der Waals surface area contributed by atoms with E-state index >= 15 is 0 Å². The molecule has 164 valence electrons. The molecule has 0 aliphatic rings. The lowest BCUT2D eigenvalue weighted by molar-refractivity contribution is 0.0636. The fourth-order valence-corrected chi connectivity index (χ4v) is 3.82. The van der Waals surface area contributed by atoms with E-state index in [1.54, 1.807) is 20.8 Å². The van der Waals surface area contributed by atoms with Gasteiger partial charge in [0.15, 0.2) is 0 Å². The van der Waals surface area contributed by atoms with Crippen LogP contribution in [-0.2, 0) is 7.05 Å². The highest BCUT2D eigenvalue weighted by molar-refractivity contribution is 6.32. The Hall–Kier alpha value is -2.28. The molecule has 0 saturated carbocycles. The van der Waals surface area contributed by atoms with Crippen molar-refractivity contribution < 1.29 is 18.0 Å². The summed E-state index contributed by atoms with van der Waals surface area (Å²) >= 11 is 6.40. The van der Waals surface area contributed by atoms with Gasteiger partial charge in [0.05, 0.1) is 6.04 Å². The molecule has 0 radical (unpaired) electrons. The van der Waals surface area contributed by atoms with E-state index in [1.807, 2.05) is 38.1 Å². The second-order valence-electron chi connectivity index (χ2n) is 7.43. The third-order valence-corrected chi connectivity index (χ3v) is 5.50. The van der Waals surface area contributed by atoms with Crippen LogP contribution in [-0.4, -0.2) is 32.7 Å². The maximum atomic E-state index is 14.6. The lowest BCUT2D eigenvalue weighted by Gasteiger charge is -2.36. The lowest BCUT2D eigenvalue weighted by atomic mass is 9.95. The molecule has 4 nitrogen and oxygen atoms in total. The first kappa shape index (κ1) is 24.0. The molecule has 0 fully saturated rings. The zero-order chi connectivity index (χ0) is 22.7. The van der Waals surface area contributed by atoms with Crippen LogP contribution >= 0.6 is 11.6 Å². The van der Waals surface area contributed by atoms with E-state index in [2.05, 4.69) is 5.10 Å². The van der Waals surface area contributed by atoms with Crippen LogP contribution in [0.15, 0.2) is 29.3 Å². The van der Waals surface area contributed by atoms with Crippen molar-refractivity contribution in [1.82, 2.24) is 14.7 Å². The van der Waals surface area contributed by atoms with Crippen molar-refractivity contribution in [3.63, 3.8) is 0 Å². The molecular weight excluding hydrogens is 415 g/mol. The van der Waals surface area contributed by atoms with Gasteiger partial charge < -0.3 is 4.90 Å². The van der Waals surface area contributed by atoms with Crippen LogP contribution in [0.1, 0.15) is 67.7 Å². The average molecular weight is 442 g/mol. The summed E-state index contributed by atoms with van der Waals surface area (Å²) in [6.45, 7) is 9.09. The SMILES string of the molecule is CCC(C)N(C(=O)c1c(C(F)F)nn(C)c1F)C(C)/C(=C(\C)Cl)c1ccc(C)cc1. The third-order valence-electron chi connectivity index (χ3n) is 5.29. The molecule has 0 N–H and O–H groups in total. The van der Waals surface area contributed by atoms with Crippen LogP contribution in [0.2, 0.25) is 0 Å². The van der Waals surface area contributed by atoms with Crippen molar-refractivity contribution in [3.8, 4) is 0 Å². The Balaban J connectivity index is 2.61. The van der Waals surface area contributed by atoms with Gasteiger partial charge in [0.25, 0.3) is 12.3 Å². The number of nitrogens with zero attached hydrogens (tertiary/aromatic N) is 3. The first-order valence-corrected chi connectivity index (χ1v) is 10.1. The van der Waals surface area contributed by atoms with Gasteiger partial charge in [-0.25, -0.2) is 13.5 Å². The molecule has 2 unspecified atom stereocenters. The maximum Gasteiger partial charge on any atom is 0.283 e. The lowest BCUT2D eigenvalue weighted by Crippen LogP contribution is -2.45. The summed E-state index contributed by atoms with van der Waals surface area (Å²) < 4.78 is 42.2. The summed E-state index contributed by atoms with van der Waals surface area (Å²) in [5, 5.41) is 3.98. The number of rotatable bonds is 7. The van der Waals surface area contributed by atoms with E-state index in [0.717, 1.165) is 11.1 Å². The minimum atomic E-state index is -3.07. The molecule has 1 aromatic carbocycles. The van der Waals surface area contributed by atoms with Gasteiger partial charge in [-0.3, -0.25) is 4.79 Å². The minimum absolute atomic E-state index is 0.353. The molecular formula is C22H27ClF3N3O. The smallest absolute Gasteiger partial charge is 0.283 e. The number of carbonyl (C=O) groups excluding carboxylic acids is 1. The number of aryl methyl sites for hydroxylation is 2. The predicted molar refractivity (Wildman–Crippen MR) is 113 cm³/mol. The second-order valence-corrected chi connectivity index (χ2v) is 8.00. The average Bonchev–Trinajstić information content (AvgIpc) is 2.98. The Kier molecular flexibility index (Phi) is 7.75. The van der Waals surface area contributed by atoms with E-state index in [1.165, 1.54) is 11.9 Å². The monoisotopic (exact) mass is 441 g/mol. The predicted octanol–water partition coefficient (Wildman–Crippen LogP) is 6.10. The van der Waals surface area contributed by atoms with E-state index in [9.17, 15) is 18.0 Å². The number of aromatic nitrogens is 2. The number of carbonyl (C=O) groups is 1. The van der Waals surface area contributed by atoms with Gasteiger partial charge >= 0.3 is 0 Å². The van der Waals surface area contributed by atoms with Crippen molar-refractivity contribution in [2.45, 2.75) is 59.5 Å². The van der Waals surface area contributed by atoms with Gasteiger partial charge in [-0.2, -0.15) is 9.49 Å². The Morgan fingerprint density at radius 3 is 2.27 bits per heavy atom. The molecule has 8 heteroatoms. The summed E-state index contributed by atoms with van der Waals surface area (Å²) in [5.41, 5.74) is 0.988. The first-order valence-electron chi connectivity index (χ1n) is 9.77. The molecule has 0 bridgehead atoms. The van der Waals surface area contributed by atoms with Gasteiger partial charge in [-0.1, -0.05) is 48.4 Å². The zero-order valence-corrected chi connectivity index (χ0v) is 18.8. The quantitative estimate of drug-likeness (QED) is 0.520. The number of alkyl halides is 2. The molecule has 1 amide bonds. The number of hydrogen-bond donors (Lipinski definition) is 0. The van der Waals surface area contributed by atoms with Gasteiger partial charge in [-0.15, -0.1) is 0 Å². The Morgan fingerprint density at radius 2 is 1.80 bits per heavy atom. The summed E-state index contributed by atoms with van der Waals surface area (Å²) in [6.07, 6.45) is -2.53. The van der Waals surface area contributed by atoms with E-state index in [4.69, 9.17) is 11.6 Å². The number of hydrogen-bond acceptors (Lipinski definition) is 2. The van der Waals surface area contributed by atoms with Crippen LogP contribution in [0.3, 0.4) is 0 Å². The normalized spacial score (nSPS) is 14.5. The number of benzene rings is 1. The van der Waals surface area contributed by atoms with Crippen molar-refractivity contribution in [1.29, 1.82) is 0 Å². The van der Waals surface area contributed by atoms with Crippen LogP contribution in [0.4, 0.5) is 13.2 Å². The molecule has 2 rings (SSSR count). The highest BCUT2D eigenvalue weighted by Crippen LogP contribution is 2.33. The Morgan fingerprint density at radius 1 is 1.23 bits per heavy atom. The number of halogens is 4. The Labute approximate surface area is 180 Å². The zero-order valence-electron chi connectivity index (χ0n) is 18.0. The first-order chi connectivity index (χ1) is 14.0. The molecule has 2 aromatic rings. The van der Waals surface area contributed by atoms with Crippen LogP contribution in [0, 0.1) is 12.9 Å². The molecule has 0 spiro atoms. The maximum absolute atomic E-state index is 14.6. The van der Waals surface area contributed by atoms with Crippen molar-refractivity contribution in [3.05, 3.63) is 57.6 Å². The molecule has 2 atom stereocenters. The summed E-state index contributed by atoms with van der Waals surface area (Å²) in [7, 11) is 1.19. The molecule has 0 aliphatic heterocycles. The summed E-state index contributed by atoms with van der Waals surface area (Å²) in [4.78, 5) is 14.8. The third kappa shape index (κ3) is 4.72. The highest BCUT2D eigenvalue weighted by Gasteiger charge is 2.36. The van der Waals surface area contributed by atoms with Crippen LogP contribution in [0.5, 0.6) is 0 Å². The fourth-order valence-electron chi connectivity index (χ4n) is 3.56. The number of allylic oxidation sites excluding steroid dienone is 1. The molecule has 1 heterocycles. The fraction of sp³-hybridized carbons (Fsp3) is 0.455. The van der Waals surface area contributed by atoms with Crippen molar-refractivity contribution in [2.24, 2.45) is 7.05 Å². The van der Waals surface area contributed by atoms with Gasteiger partial charge in [0.1, 0.15) is 11.3 Å². The molecule has 1 aromatic heterocycles. The van der Waals surface area contributed by atoms with E-state index < -0.39 is 35.6 Å². The van der Waals surface area contributed by atoms with E-state index in [0.29, 0.717) is 21.7 Å². The van der Waals surface area contributed by atoms with Gasteiger partial charge in [-0.05, 0) is 45.3 Å². The Bertz CT molecular complexity index is 934. The van der Waals surface area contributed by atoms with E-state index in [-0.39, 0.29) is 6.04 Å².